The fourth-order valence-electron chi connectivity index (χ4n) is 1.61. The zero-order valence-electron chi connectivity index (χ0n) is 10.5. The quantitative estimate of drug-likeness (QED) is 0.602. The van der Waals surface area contributed by atoms with Crippen LogP contribution in [0.5, 0.6) is 0 Å². The first-order valence-electron chi connectivity index (χ1n) is 5.57. The highest BCUT2D eigenvalue weighted by molar-refractivity contribution is 4.63. The summed E-state index contributed by atoms with van der Waals surface area (Å²) < 4.78 is 0. The summed E-state index contributed by atoms with van der Waals surface area (Å²) in [5.41, 5.74) is 0. The van der Waals surface area contributed by atoms with E-state index in [2.05, 4.69) is 0 Å². The second-order valence-electron chi connectivity index (χ2n) is 4.76. The Balaban J connectivity index is 3.44. The molecule has 0 spiro atoms. The summed E-state index contributed by atoms with van der Waals surface area (Å²) >= 11 is 0. The lowest BCUT2D eigenvalue weighted by molar-refractivity contribution is 0.102. The van der Waals surface area contributed by atoms with Gasteiger partial charge in [-0.15, -0.1) is 0 Å². The Morgan fingerprint density at radius 3 is 1.40 bits per heavy atom. The van der Waals surface area contributed by atoms with E-state index in [9.17, 15) is 10.2 Å². The molecule has 0 amide bonds. The van der Waals surface area contributed by atoms with Crippen LogP contribution in [0.3, 0.4) is 0 Å². The summed E-state index contributed by atoms with van der Waals surface area (Å²) in [6.45, 7) is 1.40. The van der Waals surface area contributed by atoms with Crippen molar-refractivity contribution in [2.45, 2.75) is 31.5 Å². The van der Waals surface area contributed by atoms with E-state index < -0.39 is 0 Å². The maximum atomic E-state index is 9.58. The van der Waals surface area contributed by atoms with Crippen molar-refractivity contribution in [1.29, 1.82) is 0 Å². The average Bonchev–Trinajstić information content (AvgIpc) is 2.00. The molecular formula is C11H26N2O2. The maximum Gasteiger partial charge on any atom is 0.0666 e. The minimum absolute atomic E-state index is 0.272. The van der Waals surface area contributed by atoms with Gasteiger partial charge in [0.2, 0.25) is 0 Å². The summed E-state index contributed by atoms with van der Waals surface area (Å²) in [5.74, 6) is 0. The van der Waals surface area contributed by atoms with E-state index in [1.165, 1.54) is 0 Å². The molecule has 0 aromatic carbocycles. The molecule has 0 aromatic rings. The van der Waals surface area contributed by atoms with E-state index in [1.807, 2.05) is 38.0 Å². The molecule has 0 radical (unpaired) electrons. The number of likely N-dealkylation sites (N-methyl/N-ethyl adjacent to an activating group) is 2. The third-order valence-corrected chi connectivity index (χ3v) is 2.23. The Bertz CT molecular complexity index is 136. The minimum Gasteiger partial charge on any atom is -0.392 e. The largest absolute Gasteiger partial charge is 0.392 e. The topological polar surface area (TPSA) is 46.9 Å². The second-order valence-corrected chi connectivity index (χ2v) is 4.76. The van der Waals surface area contributed by atoms with Gasteiger partial charge in [0.25, 0.3) is 0 Å². The van der Waals surface area contributed by atoms with E-state index in [0.717, 1.165) is 19.3 Å². The van der Waals surface area contributed by atoms with E-state index in [0.29, 0.717) is 13.1 Å². The summed E-state index contributed by atoms with van der Waals surface area (Å²) in [6.07, 6.45) is 1.87. The number of hydrogen-bond acceptors (Lipinski definition) is 4. The minimum atomic E-state index is -0.272. The van der Waals surface area contributed by atoms with Gasteiger partial charge in [0, 0.05) is 13.1 Å². The van der Waals surface area contributed by atoms with Gasteiger partial charge < -0.3 is 20.0 Å². The molecule has 0 aliphatic heterocycles. The van der Waals surface area contributed by atoms with Crippen LogP contribution in [0.1, 0.15) is 19.3 Å². The molecule has 0 saturated heterocycles. The molecule has 0 fully saturated rings. The summed E-state index contributed by atoms with van der Waals surface area (Å²) in [4.78, 5) is 3.95. The molecular weight excluding hydrogens is 192 g/mol. The van der Waals surface area contributed by atoms with Crippen LogP contribution in [0, 0.1) is 0 Å². The van der Waals surface area contributed by atoms with Crippen molar-refractivity contribution in [2.24, 2.45) is 0 Å². The molecule has 0 aliphatic carbocycles. The Labute approximate surface area is 93.5 Å². The fraction of sp³-hybridized carbons (Fsp3) is 1.00. The van der Waals surface area contributed by atoms with Crippen molar-refractivity contribution in [3.8, 4) is 0 Å². The lowest BCUT2D eigenvalue weighted by Crippen LogP contribution is -2.27. The Morgan fingerprint density at radius 2 is 1.13 bits per heavy atom. The van der Waals surface area contributed by atoms with Crippen molar-refractivity contribution < 1.29 is 10.2 Å². The van der Waals surface area contributed by atoms with Gasteiger partial charge >= 0.3 is 0 Å². The second kappa shape index (κ2) is 8.05. The van der Waals surface area contributed by atoms with Crippen molar-refractivity contribution in [3.05, 3.63) is 0 Å². The fourth-order valence-corrected chi connectivity index (χ4v) is 1.61. The molecule has 4 nitrogen and oxygen atoms in total. The molecule has 0 aromatic heterocycles. The molecule has 0 rings (SSSR count). The molecule has 0 saturated carbocycles. The van der Waals surface area contributed by atoms with Crippen LogP contribution in [0.15, 0.2) is 0 Å². The Morgan fingerprint density at radius 1 is 0.800 bits per heavy atom. The maximum absolute atomic E-state index is 9.58. The molecule has 2 N–H and O–H groups in total. The normalized spacial score (nSPS) is 16.0. The zero-order chi connectivity index (χ0) is 11.8. The first-order chi connectivity index (χ1) is 6.91. The molecule has 4 heteroatoms. The number of aliphatic hydroxyl groups is 2. The van der Waals surface area contributed by atoms with Gasteiger partial charge in [0.15, 0.2) is 0 Å². The van der Waals surface area contributed by atoms with Gasteiger partial charge in [-0.05, 0) is 47.5 Å². The van der Waals surface area contributed by atoms with E-state index in [1.54, 1.807) is 0 Å². The Kier molecular flexibility index (Phi) is 7.96. The van der Waals surface area contributed by atoms with Crippen LogP contribution in [0.25, 0.3) is 0 Å². The van der Waals surface area contributed by atoms with Crippen LogP contribution in [-0.4, -0.2) is 73.5 Å². The number of hydrogen-bond donors (Lipinski definition) is 2. The Hall–Kier alpha value is -0.160. The van der Waals surface area contributed by atoms with Crippen LogP contribution in [0.4, 0.5) is 0 Å². The first-order valence-corrected chi connectivity index (χ1v) is 5.57. The number of aliphatic hydroxyl groups excluding tert-OH is 2. The molecule has 0 heterocycles. The smallest absolute Gasteiger partial charge is 0.0666 e. The van der Waals surface area contributed by atoms with Crippen molar-refractivity contribution in [3.63, 3.8) is 0 Å². The predicted octanol–water partition coefficient (Wildman–Crippen LogP) is 0.00170. The van der Waals surface area contributed by atoms with Crippen molar-refractivity contribution in [1.82, 2.24) is 9.80 Å². The summed E-state index contributed by atoms with van der Waals surface area (Å²) in [7, 11) is 7.79. The number of nitrogens with zero attached hydrogens (tertiary/aromatic N) is 2. The molecule has 2 unspecified atom stereocenters. The SMILES string of the molecule is CN(C)CC(O)CCCC(O)CN(C)C. The molecule has 15 heavy (non-hydrogen) atoms. The zero-order valence-corrected chi connectivity index (χ0v) is 10.5. The lowest BCUT2D eigenvalue weighted by Gasteiger charge is -2.18. The molecule has 2 atom stereocenters. The van der Waals surface area contributed by atoms with Crippen LogP contribution < -0.4 is 0 Å². The summed E-state index contributed by atoms with van der Waals surface area (Å²) in [5, 5.41) is 19.2. The third-order valence-electron chi connectivity index (χ3n) is 2.23. The highest BCUT2D eigenvalue weighted by Gasteiger charge is 2.08. The van der Waals surface area contributed by atoms with Crippen LogP contribution in [0.2, 0.25) is 0 Å². The highest BCUT2D eigenvalue weighted by Crippen LogP contribution is 2.05. The lowest BCUT2D eigenvalue weighted by atomic mass is 10.1. The van der Waals surface area contributed by atoms with Gasteiger partial charge in [-0.1, -0.05) is 0 Å². The molecule has 92 valence electrons. The standard InChI is InChI=1S/C11H26N2O2/c1-12(2)8-10(14)6-5-7-11(15)9-13(3)4/h10-11,14-15H,5-9H2,1-4H3. The van der Waals surface area contributed by atoms with Crippen LogP contribution >= 0.6 is 0 Å². The van der Waals surface area contributed by atoms with Gasteiger partial charge in [-0.2, -0.15) is 0 Å². The van der Waals surface area contributed by atoms with Gasteiger partial charge in [0.1, 0.15) is 0 Å². The highest BCUT2D eigenvalue weighted by atomic mass is 16.3. The van der Waals surface area contributed by atoms with E-state index in [4.69, 9.17) is 0 Å². The third kappa shape index (κ3) is 10.1. The van der Waals surface area contributed by atoms with Gasteiger partial charge in [-0.25, -0.2) is 0 Å². The van der Waals surface area contributed by atoms with Gasteiger partial charge in [0.05, 0.1) is 12.2 Å². The van der Waals surface area contributed by atoms with Crippen LogP contribution in [-0.2, 0) is 0 Å². The monoisotopic (exact) mass is 218 g/mol. The molecule has 0 aliphatic rings. The van der Waals surface area contributed by atoms with Gasteiger partial charge in [-0.3, -0.25) is 0 Å². The summed E-state index contributed by atoms with van der Waals surface area (Å²) in [6, 6.07) is 0. The van der Waals surface area contributed by atoms with Crippen molar-refractivity contribution >= 4 is 0 Å². The number of rotatable bonds is 8. The molecule has 0 bridgehead atoms. The van der Waals surface area contributed by atoms with Crippen molar-refractivity contribution in [2.75, 3.05) is 41.3 Å². The van der Waals surface area contributed by atoms with E-state index >= 15 is 0 Å². The first kappa shape index (κ1) is 14.8. The average molecular weight is 218 g/mol. The predicted molar refractivity (Wildman–Crippen MR) is 63.0 cm³/mol. The van der Waals surface area contributed by atoms with E-state index in [-0.39, 0.29) is 12.2 Å².